The van der Waals surface area contributed by atoms with Gasteiger partial charge in [0.15, 0.2) is 11.2 Å². The molecule has 7 nitrogen and oxygen atoms in total. The number of hydrogen-bond donors (Lipinski definition) is 2. The fourth-order valence-corrected chi connectivity index (χ4v) is 2.21. The summed E-state index contributed by atoms with van der Waals surface area (Å²) >= 11 is 0. The highest BCUT2D eigenvalue weighted by Gasteiger charge is 2.18. The van der Waals surface area contributed by atoms with Crippen LogP contribution in [0.2, 0.25) is 0 Å². The van der Waals surface area contributed by atoms with E-state index in [4.69, 9.17) is 0 Å². The lowest BCUT2D eigenvalue weighted by Gasteiger charge is -2.13. The van der Waals surface area contributed by atoms with Gasteiger partial charge in [0.2, 0.25) is 5.95 Å². The first-order valence-corrected chi connectivity index (χ1v) is 6.92. The molecule has 0 saturated heterocycles. The number of aryl methyl sites for hydroxylation is 1. The van der Waals surface area contributed by atoms with Crippen molar-refractivity contribution in [3.05, 3.63) is 20.8 Å². The molecule has 0 amide bonds. The van der Waals surface area contributed by atoms with Gasteiger partial charge in [-0.3, -0.25) is 14.3 Å². The van der Waals surface area contributed by atoms with Crippen LogP contribution < -0.4 is 16.6 Å². The average molecular weight is 279 g/mol. The zero-order chi connectivity index (χ0) is 14.9. The Morgan fingerprint density at radius 1 is 1.35 bits per heavy atom. The van der Waals surface area contributed by atoms with Gasteiger partial charge in [0.1, 0.15) is 0 Å². The molecule has 2 aromatic heterocycles. The number of anilines is 1. The maximum absolute atomic E-state index is 12.1. The molecule has 0 aromatic carbocycles. The van der Waals surface area contributed by atoms with Crippen molar-refractivity contribution in [1.82, 2.24) is 19.1 Å². The van der Waals surface area contributed by atoms with Crippen LogP contribution in [0.1, 0.15) is 39.7 Å². The monoisotopic (exact) mass is 279 g/mol. The van der Waals surface area contributed by atoms with Crippen LogP contribution in [0.4, 0.5) is 5.95 Å². The highest BCUT2D eigenvalue weighted by atomic mass is 16.2. The number of nitrogens with zero attached hydrogens (tertiary/aromatic N) is 3. The first kappa shape index (κ1) is 14.4. The maximum atomic E-state index is 12.1. The van der Waals surface area contributed by atoms with Crippen molar-refractivity contribution in [2.75, 3.05) is 11.9 Å². The molecular weight excluding hydrogens is 258 g/mol. The number of unbranched alkanes of at least 4 members (excludes halogenated alkanes) is 1. The number of aromatic amines is 1. The van der Waals surface area contributed by atoms with E-state index in [0.717, 1.165) is 19.4 Å². The Balaban J connectivity index is 2.67. The topological polar surface area (TPSA) is 84.7 Å². The largest absolute Gasteiger partial charge is 0.356 e. The third-order valence-corrected chi connectivity index (χ3v) is 3.28. The Bertz CT molecular complexity index is 723. The molecule has 2 rings (SSSR count). The minimum absolute atomic E-state index is 0.0720. The first-order chi connectivity index (χ1) is 9.47. The van der Waals surface area contributed by atoms with Gasteiger partial charge in [-0.05, 0) is 20.3 Å². The molecule has 0 saturated carbocycles. The summed E-state index contributed by atoms with van der Waals surface area (Å²) in [6.45, 7) is 6.87. The molecule has 110 valence electrons. The van der Waals surface area contributed by atoms with Crippen molar-refractivity contribution >= 4 is 17.1 Å². The zero-order valence-corrected chi connectivity index (χ0v) is 12.4. The molecule has 20 heavy (non-hydrogen) atoms. The molecule has 0 bridgehead atoms. The summed E-state index contributed by atoms with van der Waals surface area (Å²) in [7, 11) is 1.61. The third kappa shape index (κ3) is 2.35. The van der Waals surface area contributed by atoms with E-state index < -0.39 is 11.2 Å². The maximum Gasteiger partial charge on any atom is 0.329 e. The number of nitrogens with one attached hydrogen (secondary N) is 2. The molecule has 2 N–H and O–H groups in total. The number of hydrogen-bond acceptors (Lipinski definition) is 4. The van der Waals surface area contributed by atoms with Crippen LogP contribution in [-0.2, 0) is 7.05 Å². The van der Waals surface area contributed by atoms with Crippen LogP contribution in [0, 0.1) is 0 Å². The van der Waals surface area contributed by atoms with E-state index in [-0.39, 0.29) is 6.04 Å². The summed E-state index contributed by atoms with van der Waals surface area (Å²) in [6, 6.07) is 0.0720. The van der Waals surface area contributed by atoms with E-state index in [1.165, 1.54) is 4.57 Å². The molecule has 0 radical (unpaired) electrons. The second-order valence-electron chi connectivity index (χ2n) is 5.17. The second-order valence-corrected chi connectivity index (χ2v) is 5.17. The predicted molar refractivity (Wildman–Crippen MR) is 79.4 cm³/mol. The molecular formula is C13H21N5O2. The van der Waals surface area contributed by atoms with Crippen LogP contribution in [0.3, 0.4) is 0 Å². The van der Waals surface area contributed by atoms with E-state index >= 15 is 0 Å². The van der Waals surface area contributed by atoms with Gasteiger partial charge in [-0.2, -0.15) is 4.98 Å². The lowest BCUT2D eigenvalue weighted by atomic mass is 10.3. The van der Waals surface area contributed by atoms with Crippen molar-refractivity contribution in [1.29, 1.82) is 0 Å². The summed E-state index contributed by atoms with van der Waals surface area (Å²) < 4.78 is 3.20. The Labute approximate surface area is 116 Å². The van der Waals surface area contributed by atoms with Gasteiger partial charge < -0.3 is 9.88 Å². The molecule has 0 aliphatic heterocycles. The number of rotatable bonds is 5. The molecule has 2 aromatic rings. The van der Waals surface area contributed by atoms with Crippen molar-refractivity contribution in [3.63, 3.8) is 0 Å². The van der Waals surface area contributed by atoms with Gasteiger partial charge in [-0.1, -0.05) is 13.3 Å². The molecule has 0 atom stereocenters. The van der Waals surface area contributed by atoms with Crippen LogP contribution in [-0.4, -0.2) is 25.6 Å². The predicted octanol–water partition coefficient (Wildman–Crippen LogP) is 1.22. The Morgan fingerprint density at radius 2 is 2.05 bits per heavy atom. The van der Waals surface area contributed by atoms with Gasteiger partial charge in [0.05, 0.1) is 0 Å². The molecule has 0 unspecified atom stereocenters. The Morgan fingerprint density at radius 3 is 2.65 bits per heavy atom. The Kier molecular flexibility index (Phi) is 3.96. The SMILES string of the molecule is CCCCNc1nc2c(c(=O)[nH]c(=O)n2C)n1C(C)C. The molecule has 7 heteroatoms. The van der Waals surface area contributed by atoms with Crippen LogP contribution in [0.25, 0.3) is 11.2 Å². The molecule has 2 heterocycles. The van der Waals surface area contributed by atoms with E-state index in [1.54, 1.807) is 7.05 Å². The quantitative estimate of drug-likeness (QED) is 0.806. The van der Waals surface area contributed by atoms with E-state index in [2.05, 4.69) is 22.2 Å². The van der Waals surface area contributed by atoms with Crippen LogP contribution in [0.15, 0.2) is 9.59 Å². The standard InChI is InChI=1S/C13H21N5O2/c1-5-6-7-14-12-15-10-9(18(12)8(2)3)11(19)16-13(20)17(10)4/h8H,5-7H2,1-4H3,(H,14,15)(H,16,19,20). The average Bonchev–Trinajstić information content (AvgIpc) is 2.76. The zero-order valence-electron chi connectivity index (χ0n) is 12.4. The molecule has 0 fully saturated rings. The summed E-state index contributed by atoms with van der Waals surface area (Å²) in [5.74, 6) is 0.634. The van der Waals surface area contributed by atoms with Gasteiger partial charge in [-0.15, -0.1) is 0 Å². The smallest absolute Gasteiger partial charge is 0.329 e. The normalized spacial score (nSPS) is 11.4. The molecule has 0 spiro atoms. The third-order valence-electron chi connectivity index (χ3n) is 3.28. The number of imidazole rings is 1. The first-order valence-electron chi connectivity index (χ1n) is 6.92. The lowest BCUT2D eigenvalue weighted by molar-refractivity contribution is 0.618. The van der Waals surface area contributed by atoms with E-state index in [0.29, 0.717) is 17.1 Å². The van der Waals surface area contributed by atoms with Gasteiger partial charge in [-0.25, -0.2) is 4.79 Å². The van der Waals surface area contributed by atoms with Crippen molar-refractivity contribution < 1.29 is 0 Å². The van der Waals surface area contributed by atoms with E-state index in [1.807, 2.05) is 18.4 Å². The highest BCUT2D eigenvalue weighted by Crippen LogP contribution is 2.20. The van der Waals surface area contributed by atoms with Gasteiger partial charge in [0.25, 0.3) is 5.56 Å². The van der Waals surface area contributed by atoms with Gasteiger partial charge in [0, 0.05) is 19.6 Å². The van der Waals surface area contributed by atoms with E-state index in [9.17, 15) is 9.59 Å². The Hall–Kier alpha value is -2.05. The van der Waals surface area contributed by atoms with Crippen molar-refractivity contribution in [2.45, 2.75) is 39.7 Å². The summed E-state index contributed by atoms with van der Waals surface area (Å²) in [6.07, 6.45) is 2.10. The van der Waals surface area contributed by atoms with Crippen molar-refractivity contribution in [3.8, 4) is 0 Å². The summed E-state index contributed by atoms with van der Waals surface area (Å²) in [5, 5.41) is 3.24. The minimum atomic E-state index is -0.448. The highest BCUT2D eigenvalue weighted by molar-refractivity contribution is 5.74. The van der Waals surface area contributed by atoms with Gasteiger partial charge >= 0.3 is 5.69 Å². The van der Waals surface area contributed by atoms with Crippen LogP contribution in [0.5, 0.6) is 0 Å². The van der Waals surface area contributed by atoms with Crippen molar-refractivity contribution in [2.24, 2.45) is 7.05 Å². The fourth-order valence-electron chi connectivity index (χ4n) is 2.21. The number of fused-ring (bicyclic) bond motifs is 1. The minimum Gasteiger partial charge on any atom is -0.356 e. The van der Waals surface area contributed by atoms with Crippen LogP contribution >= 0.6 is 0 Å². The fraction of sp³-hybridized carbons (Fsp3) is 0.615. The summed E-state index contributed by atoms with van der Waals surface area (Å²) in [5.41, 5.74) is -0.00333. The number of H-pyrrole nitrogens is 1. The summed E-state index contributed by atoms with van der Waals surface area (Å²) in [4.78, 5) is 30.4. The molecule has 0 aliphatic rings. The molecule has 0 aliphatic carbocycles. The second kappa shape index (κ2) is 5.52. The lowest BCUT2D eigenvalue weighted by Crippen LogP contribution is -2.29. The number of aromatic nitrogens is 4.